The molecule has 0 radical (unpaired) electrons. The standard InChI is InChI=1S/C33H43F3N8O6S/c1-22(2)44(16-28(35)36)31(45)25-14-23(34)4-5-26(25)50-27-15-37-21-38-30(27)43-18-32(19-43)9-12-42(13-10-32)20-33(46)8-6-24(17-49-33)40-51(47,48)29-7-11-41(3)39-29/h4-5,7,11,14-15,21-22,24,28,40,46H,6,8-10,12-13,16-20H2,1-3H3/t24-,33-/m1/s1. The highest BCUT2D eigenvalue weighted by molar-refractivity contribution is 7.89. The number of carbonyl (C=O) groups excluding carboxylic acids is 1. The molecule has 2 aromatic heterocycles. The average molecular weight is 737 g/mol. The highest BCUT2D eigenvalue weighted by Crippen LogP contribution is 2.45. The molecule has 0 saturated carbocycles. The second-order valence-electron chi connectivity index (χ2n) is 14.0. The highest BCUT2D eigenvalue weighted by Gasteiger charge is 2.47. The first kappa shape index (κ1) is 36.9. The molecule has 2 atom stereocenters. The zero-order chi connectivity index (χ0) is 36.6. The Morgan fingerprint density at radius 3 is 2.55 bits per heavy atom. The number of likely N-dealkylation sites (tertiary alicyclic amines) is 1. The van der Waals surface area contributed by atoms with Gasteiger partial charge in [0.1, 0.15) is 17.9 Å². The fourth-order valence-corrected chi connectivity index (χ4v) is 8.16. The Morgan fingerprint density at radius 1 is 1.18 bits per heavy atom. The number of sulfonamides is 1. The molecule has 278 valence electrons. The van der Waals surface area contributed by atoms with E-state index in [-0.39, 0.29) is 40.5 Å². The van der Waals surface area contributed by atoms with Crippen LogP contribution in [-0.2, 0) is 21.8 Å². The summed E-state index contributed by atoms with van der Waals surface area (Å²) < 4.78 is 82.1. The number of hydrogen-bond acceptors (Lipinski definition) is 11. The van der Waals surface area contributed by atoms with Crippen molar-refractivity contribution < 1.29 is 41.0 Å². The maximum absolute atomic E-state index is 14.3. The van der Waals surface area contributed by atoms with Gasteiger partial charge in [-0.25, -0.2) is 36.3 Å². The molecule has 3 saturated heterocycles. The van der Waals surface area contributed by atoms with Gasteiger partial charge in [0.25, 0.3) is 22.4 Å². The Labute approximate surface area is 294 Å². The number of ether oxygens (including phenoxy) is 2. The SMILES string of the molecule is CC(C)N(CC(F)F)C(=O)c1cc(F)ccc1Oc1cncnc1N1CC2(CCN(C[C@@]3(O)CC[C@@H](NS(=O)(=O)c4ccn(C)n4)CO3)CC2)C1. The molecule has 6 rings (SSSR count). The number of piperidine rings is 1. The lowest BCUT2D eigenvalue weighted by molar-refractivity contribution is -0.239. The smallest absolute Gasteiger partial charge is 0.260 e. The molecule has 2 N–H and O–H groups in total. The van der Waals surface area contributed by atoms with Crippen molar-refractivity contribution in [2.24, 2.45) is 12.5 Å². The molecule has 3 aliphatic heterocycles. The summed E-state index contributed by atoms with van der Waals surface area (Å²) in [6.07, 6.45) is 4.03. The van der Waals surface area contributed by atoms with E-state index in [1.54, 1.807) is 27.1 Å². The Kier molecular flexibility index (Phi) is 10.6. The zero-order valence-corrected chi connectivity index (χ0v) is 29.5. The van der Waals surface area contributed by atoms with Crippen LogP contribution in [0.4, 0.5) is 19.0 Å². The number of benzene rings is 1. The van der Waals surface area contributed by atoms with Gasteiger partial charge in [0.15, 0.2) is 22.4 Å². The summed E-state index contributed by atoms with van der Waals surface area (Å²) in [7, 11) is -2.16. The topological polar surface area (TPSA) is 155 Å². The fraction of sp³-hybridized carbons (Fsp3) is 0.576. The van der Waals surface area contributed by atoms with Crippen molar-refractivity contribution in [3.05, 3.63) is 54.4 Å². The van der Waals surface area contributed by atoms with Crippen molar-refractivity contribution in [1.29, 1.82) is 0 Å². The first-order valence-electron chi connectivity index (χ1n) is 16.9. The van der Waals surface area contributed by atoms with Gasteiger partial charge in [-0.3, -0.25) is 14.4 Å². The van der Waals surface area contributed by atoms with Crippen LogP contribution in [0.3, 0.4) is 0 Å². The van der Waals surface area contributed by atoms with E-state index in [4.69, 9.17) is 9.47 Å². The molecule has 0 bridgehead atoms. The molecular weight excluding hydrogens is 693 g/mol. The Hall–Kier alpha value is -3.84. The van der Waals surface area contributed by atoms with Crippen molar-refractivity contribution in [2.75, 3.05) is 50.8 Å². The summed E-state index contributed by atoms with van der Waals surface area (Å²) in [5.74, 6) is -2.13. The first-order valence-corrected chi connectivity index (χ1v) is 18.3. The summed E-state index contributed by atoms with van der Waals surface area (Å²) in [4.78, 5) is 27.0. The van der Waals surface area contributed by atoms with Crippen molar-refractivity contribution in [3.8, 4) is 11.5 Å². The van der Waals surface area contributed by atoms with Gasteiger partial charge in [0.2, 0.25) is 0 Å². The maximum atomic E-state index is 14.3. The molecule has 1 aromatic carbocycles. The molecular formula is C33H43F3N8O6S. The summed E-state index contributed by atoms with van der Waals surface area (Å²) >= 11 is 0. The molecule has 0 unspecified atom stereocenters. The molecule has 51 heavy (non-hydrogen) atoms. The van der Waals surface area contributed by atoms with Gasteiger partial charge >= 0.3 is 0 Å². The van der Waals surface area contributed by atoms with E-state index in [0.29, 0.717) is 31.9 Å². The second kappa shape index (κ2) is 14.7. The number of nitrogens with one attached hydrogen (secondary N) is 1. The normalized spacial score (nSPS) is 22.4. The van der Waals surface area contributed by atoms with E-state index in [2.05, 4.69) is 24.7 Å². The number of nitrogens with zero attached hydrogens (tertiary/aromatic N) is 7. The van der Waals surface area contributed by atoms with E-state index in [1.165, 1.54) is 29.3 Å². The van der Waals surface area contributed by atoms with Gasteiger partial charge in [0.05, 0.1) is 31.5 Å². The minimum absolute atomic E-state index is 0.000652. The van der Waals surface area contributed by atoms with Crippen LogP contribution < -0.4 is 14.4 Å². The molecule has 1 amide bonds. The zero-order valence-electron chi connectivity index (χ0n) is 28.7. The number of aryl methyl sites for hydroxylation is 1. The Morgan fingerprint density at radius 2 is 1.92 bits per heavy atom. The molecule has 3 aliphatic rings. The number of anilines is 1. The molecule has 5 heterocycles. The minimum atomic E-state index is -3.80. The van der Waals surface area contributed by atoms with Crippen LogP contribution in [-0.4, -0.2) is 119 Å². The monoisotopic (exact) mass is 736 g/mol. The number of β-amino-alcohol motifs (C(OH)–C–C–N with tert-alkyl or cyclic N) is 1. The van der Waals surface area contributed by atoms with Gasteiger partial charge in [-0.15, -0.1) is 0 Å². The van der Waals surface area contributed by atoms with E-state index in [1.807, 2.05) is 4.90 Å². The van der Waals surface area contributed by atoms with Crippen LogP contribution in [0, 0.1) is 11.2 Å². The van der Waals surface area contributed by atoms with Gasteiger partial charge in [-0.1, -0.05) is 0 Å². The summed E-state index contributed by atoms with van der Waals surface area (Å²) in [5.41, 5.74) is -0.176. The summed E-state index contributed by atoms with van der Waals surface area (Å²) in [6.45, 7) is 5.57. The maximum Gasteiger partial charge on any atom is 0.260 e. The van der Waals surface area contributed by atoms with E-state index >= 15 is 0 Å². The second-order valence-corrected chi connectivity index (χ2v) is 15.6. The third kappa shape index (κ3) is 8.46. The number of carbonyl (C=O) groups is 1. The number of rotatable bonds is 12. The van der Waals surface area contributed by atoms with Crippen LogP contribution in [0.15, 0.2) is 48.0 Å². The van der Waals surface area contributed by atoms with E-state index < -0.39 is 52.6 Å². The molecule has 14 nitrogen and oxygen atoms in total. The lowest BCUT2D eigenvalue weighted by atomic mass is 9.72. The number of alkyl halides is 2. The quantitative estimate of drug-likeness (QED) is 0.282. The number of halogens is 3. The summed E-state index contributed by atoms with van der Waals surface area (Å²) in [5, 5.41) is 15.1. The van der Waals surface area contributed by atoms with Crippen molar-refractivity contribution in [3.63, 3.8) is 0 Å². The van der Waals surface area contributed by atoms with Crippen LogP contribution >= 0.6 is 0 Å². The number of amides is 1. The van der Waals surface area contributed by atoms with Crippen LogP contribution in [0.5, 0.6) is 11.5 Å². The van der Waals surface area contributed by atoms with E-state index in [9.17, 15) is 31.5 Å². The van der Waals surface area contributed by atoms with Gasteiger partial charge in [-0.2, -0.15) is 5.10 Å². The first-order chi connectivity index (χ1) is 24.1. The molecule has 1 spiro atoms. The van der Waals surface area contributed by atoms with Crippen molar-refractivity contribution in [2.45, 2.75) is 68.9 Å². The predicted octanol–water partition coefficient (Wildman–Crippen LogP) is 3.01. The third-order valence-corrected chi connectivity index (χ3v) is 11.1. The summed E-state index contributed by atoms with van der Waals surface area (Å²) in [6, 6.07) is 3.79. The largest absolute Gasteiger partial charge is 0.451 e. The Bertz CT molecular complexity index is 1800. The van der Waals surface area contributed by atoms with E-state index in [0.717, 1.165) is 43.0 Å². The van der Waals surface area contributed by atoms with Gasteiger partial charge < -0.3 is 24.4 Å². The predicted molar refractivity (Wildman–Crippen MR) is 178 cm³/mol. The van der Waals surface area contributed by atoms with Crippen molar-refractivity contribution in [1.82, 2.24) is 34.3 Å². The lowest BCUT2D eigenvalue weighted by Crippen LogP contribution is -2.62. The number of hydrogen-bond donors (Lipinski definition) is 2. The molecule has 18 heteroatoms. The molecule has 0 aliphatic carbocycles. The highest BCUT2D eigenvalue weighted by atomic mass is 32.2. The molecule has 3 aromatic rings. The third-order valence-electron chi connectivity index (χ3n) is 9.73. The lowest BCUT2D eigenvalue weighted by Gasteiger charge is -2.55. The van der Waals surface area contributed by atoms with Crippen LogP contribution in [0.2, 0.25) is 0 Å². The Balaban J connectivity index is 1.03. The minimum Gasteiger partial charge on any atom is -0.451 e. The van der Waals surface area contributed by atoms with Crippen LogP contribution in [0.25, 0.3) is 0 Å². The fourth-order valence-electron chi connectivity index (χ4n) is 6.94. The average Bonchev–Trinajstić information content (AvgIpc) is 3.52. The number of aromatic nitrogens is 4. The van der Waals surface area contributed by atoms with Gasteiger partial charge in [-0.05, 0) is 70.5 Å². The molecule has 3 fully saturated rings. The number of aliphatic hydroxyl groups is 1. The van der Waals surface area contributed by atoms with Crippen molar-refractivity contribution >= 4 is 21.7 Å². The van der Waals surface area contributed by atoms with Gasteiger partial charge in [0, 0.05) is 50.3 Å². The van der Waals surface area contributed by atoms with Crippen LogP contribution in [0.1, 0.15) is 49.9 Å².